The monoisotopic (exact) mass is 312 g/mol. The molecule has 0 fully saturated rings. The lowest BCUT2D eigenvalue weighted by Gasteiger charge is -2.13. The molecule has 1 amide bonds. The number of nitrogens with one attached hydrogen (secondary N) is 2. The van der Waals surface area contributed by atoms with Gasteiger partial charge >= 0.3 is 0 Å². The minimum Gasteiger partial charge on any atom is -0.368 e. The largest absolute Gasteiger partial charge is 0.368 e. The van der Waals surface area contributed by atoms with Gasteiger partial charge in [0.2, 0.25) is 0 Å². The number of aromatic nitrogens is 2. The van der Waals surface area contributed by atoms with Crippen molar-refractivity contribution in [3.8, 4) is 0 Å². The van der Waals surface area contributed by atoms with Crippen LogP contribution in [-0.2, 0) is 6.54 Å². The van der Waals surface area contributed by atoms with Gasteiger partial charge in [-0.15, -0.1) is 0 Å². The Kier molecular flexibility index (Phi) is 5.68. The highest BCUT2D eigenvalue weighted by Crippen LogP contribution is 2.10. The van der Waals surface area contributed by atoms with Crippen LogP contribution in [0.25, 0.3) is 0 Å². The van der Waals surface area contributed by atoms with Gasteiger partial charge in [-0.1, -0.05) is 31.2 Å². The van der Waals surface area contributed by atoms with Crippen molar-refractivity contribution in [2.75, 3.05) is 5.32 Å². The van der Waals surface area contributed by atoms with Crippen LogP contribution < -0.4 is 10.6 Å². The average Bonchev–Trinajstić information content (AvgIpc) is 2.53. The normalized spacial score (nSPS) is 11.8. The molecule has 0 spiro atoms. The summed E-state index contributed by atoms with van der Waals surface area (Å²) in [5, 5.41) is 6.20. The Morgan fingerprint density at radius 1 is 1.22 bits per heavy atom. The Hall–Kier alpha value is -2.43. The Morgan fingerprint density at radius 2 is 1.96 bits per heavy atom. The summed E-state index contributed by atoms with van der Waals surface area (Å²) < 4.78 is 0. The van der Waals surface area contributed by atoms with Crippen LogP contribution in [0.15, 0.2) is 30.3 Å². The van der Waals surface area contributed by atoms with E-state index in [0.29, 0.717) is 29.9 Å². The van der Waals surface area contributed by atoms with Gasteiger partial charge in [-0.25, -0.2) is 9.97 Å². The number of amides is 1. The van der Waals surface area contributed by atoms with Crippen LogP contribution in [0.3, 0.4) is 0 Å². The van der Waals surface area contributed by atoms with Gasteiger partial charge in [-0.3, -0.25) is 4.79 Å². The van der Waals surface area contributed by atoms with Crippen LogP contribution in [0.5, 0.6) is 0 Å². The van der Waals surface area contributed by atoms with Gasteiger partial charge in [0.05, 0.1) is 0 Å². The van der Waals surface area contributed by atoms with Crippen molar-refractivity contribution in [2.24, 2.45) is 0 Å². The van der Waals surface area contributed by atoms with Gasteiger partial charge in [-0.05, 0) is 38.3 Å². The van der Waals surface area contributed by atoms with Gasteiger partial charge in [0.1, 0.15) is 17.3 Å². The first kappa shape index (κ1) is 16.9. The van der Waals surface area contributed by atoms with Crippen LogP contribution in [0.1, 0.15) is 47.7 Å². The maximum atomic E-state index is 12.4. The van der Waals surface area contributed by atoms with Crippen molar-refractivity contribution in [1.82, 2.24) is 15.3 Å². The van der Waals surface area contributed by atoms with E-state index >= 15 is 0 Å². The van der Waals surface area contributed by atoms with E-state index < -0.39 is 0 Å². The maximum absolute atomic E-state index is 12.4. The first-order valence-electron chi connectivity index (χ1n) is 7.94. The second-order valence-corrected chi connectivity index (χ2v) is 5.75. The Bertz CT molecular complexity index is 684. The van der Waals surface area contributed by atoms with Crippen molar-refractivity contribution in [2.45, 2.75) is 46.7 Å². The highest BCUT2D eigenvalue weighted by Gasteiger charge is 2.11. The molecule has 0 saturated carbocycles. The third-order valence-electron chi connectivity index (χ3n) is 3.78. The molecule has 1 heterocycles. The molecule has 23 heavy (non-hydrogen) atoms. The van der Waals surface area contributed by atoms with E-state index in [9.17, 15) is 4.79 Å². The van der Waals surface area contributed by atoms with E-state index in [1.165, 1.54) is 0 Å². The van der Waals surface area contributed by atoms with Gasteiger partial charge in [0, 0.05) is 18.7 Å². The minimum atomic E-state index is -0.189. The molecule has 0 aliphatic rings. The quantitative estimate of drug-likeness (QED) is 0.859. The fourth-order valence-electron chi connectivity index (χ4n) is 2.19. The summed E-state index contributed by atoms with van der Waals surface area (Å²) in [5.74, 6) is 1.08. The number of nitrogens with zero attached hydrogens (tertiary/aromatic N) is 2. The molecule has 5 nitrogen and oxygen atoms in total. The molecular weight excluding hydrogens is 288 g/mol. The second-order valence-electron chi connectivity index (χ2n) is 5.75. The molecule has 2 N–H and O–H groups in total. The molecule has 5 heteroatoms. The molecule has 1 atom stereocenters. The van der Waals surface area contributed by atoms with E-state index in [4.69, 9.17) is 0 Å². The first-order chi connectivity index (χ1) is 11.0. The SMILES string of the molecule is CCC(C)Nc1cc(C(=O)NCc2ccccc2C)nc(C)n1. The lowest BCUT2D eigenvalue weighted by atomic mass is 10.1. The first-order valence-corrected chi connectivity index (χ1v) is 7.94. The number of anilines is 1. The van der Waals surface area contributed by atoms with E-state index in [0.717, 1.165) is 17.5 Å². The lowest BCUT2D eigenvalue weighted by Crippen LogP contribution is -2.25. The van der Waals surface area contributed by atoms with Crippen molar-refractivity contribution < 1.29 is 4.79 Å². The summed E-state index contributed by atoms with van der Waals surface area (Å²) >= 11 is 0. The Labute approximate surface area is 137 Å². The van der Waals surface area contributed by atoms with Crippen molar-refractivity contribution in [3.63, 3.8) is 0 Å². The zero-order valence-electron chi connectivity index (χ0n) is 14.2. The topological polar surface area (TPSA) is 66.9 Å². The molecular formula is C18H24N4O. The van der Waals surface area contributed by atoms with Gasteiger partial charge in [-0.2, -0.15) is 0 Å². The molecule has 0 radical (unpaired) electrons. The van der Waals surface area contributed by atoms with Gasteiger partial charge in [0.15, 0.2) is 0 Å². The smallest absolute Gasteiger partial charge is 0.270 e. The average molecular weight is 312 g/mol. The van der Waals surface area contributed by atoms with Crippen molar-refractivity contribution >= 4 is 11.7 Å². The van der Waals surface area contributed by atoms with Crippen LogP contribution in [0, 0.1) is 13.8 Å². The van der Waals surface area contributed by atoms with Crippen molar-refractivity contribution in [1.29, 1.82) is 0 Å². The maximum Gasteiger partial charge on any atom is 0.270 e. The minimum absolute atomic E-state index is 0.189. The summed E-state index contributed by atoms with van der Waals surface area (Å²) in [7, 11) is 0. The molecule has 1 aromatic heterocycles. The van der Waals surface area contributed by atoms with E-state index in [2.05, 4.69) is 34.4 Å². The van der Waals surface area contributed by atoms with Crippen molar-refractivity contribution in [3.05, 3.63) is 53.0 Å². The molecule has 122 valence electrons. The Morgan fingerprint density at radius 3 is 2.65 bits per heavy atom. The number of rotatable bonds is 6. The number of hydrogen-bond donors (Lipinski definition) is 2. The molecule has 0 aliphatic heterocycles. The number of carbonyl (C=O) groups excluding carboxylic acids is 1. The third-order valence-corrected chi connectivity index (χ3v) is 3.78. The molecule has 1 unspecified atom stereocenters. The molecule has 0 bridgehead atoms. The predicted octanol–water partition coefficient (Wildman–Crippen LogP) is 3.23. The molecule has 0 saturated heterocycles. The molecule has 0 aliphatic carbocycles. The number of benzene rings is 1. The molecule has 1 aromatic carbocycles. The van der Waals surface area contributed by atoms with E-state index in [1.807, 2.05) is 31.2 Å². The molecule has 2 aromatic rings. The number of hydrogen-bond acceptors (Lipinski definition) is 4. The highest BCUT2D eigenvalue weighted by molar-refractivity contribution is 5.92. The standard InChI is InChI=1S/C18H24N4O/c1-5-13(3)20-17-10-16(21-14(4)22-17)18(23)19-11-15-9-7-6-8-12(15)2/h6-10,13H,5,11H2,1-4H3,(H,19,23)(H,20,21,22). The van der Waals surface area contributed by atoms with Crippen LogP contribution in [0.2, 0.25) is 0 Å². The number of aryl methyl sites for hydroxylation is 2. The third kappa shape index (κ3) is 4.77. The fraction of sp³-hybridized carbons (Fsp3) is 0.389. The highest BCUT2D eigenvalue weighted by atomic mass is 16.1. The summed E-state index contributed by atoms with van der Waals surface area (Å²) in [6.07, 6.45) is 0.984. The van der Waals surface area contributed by atoms with E-state index in [-0.39, 0.29) is 5.91 Å². The zero-order valence-corrected chi connectivity index (χ0v) is 14.2. The van der Waals surface area contributed by atoms with Crippen LogP contribution in [-0.4, -0.2) is 21.9 Å². The summed E-state index contributed by atoms with van der Waals surface area (Å²) in [6.45, 7) is 8.49. The van der Waals surface area contributed by atoms with Gasteiger partial charge < -0.3 is 10.6 Å². The Balaban J connectivity index is 2.08. The van der Waals surface area contributed by atoms with Gasteiger partial charge in [0.25, 0.3) is 5.91 Å². The summed E-state index contributed by atoms with van der Waals surface area (Å²) in [5.41, 5.74) is 2.65. The summed E-state index contributed by atoms with van der Waals surface area (Å²) in [6, 6.07) is 10.00. The predicted molar refractivity (Wildman–Crippen MR) is 92.5 cm³/mol. The van der Waals surface area contributed by atoms with Crippen LogP contribution >= 0.6 is 0 Å². The summed E-state index contributed by atoms with van der Waals surface area (Å²) in [4.78, 5) is 20.9. The fourth-order valence-corrected chi connectivity index (χ4v) is 2.19. The second kappa shape index (κ2) is 7.72. The lowest BCUT2D eigenvalue weighted by molar-refractivity contribution is 0.0945. The molecule has 2 rings (SSSR count). The van der Waals surface area contributed by atoms with Crippen LogP contribution in [0.4, 0.5) is 5.82 Å². The number of carbonyl (C=O) groups is 1. The van der Waals surface area contributed by atoms with E-state index in [1.54, 1.807) is 13.0 Å². The zero-order chi connectivity index (χ0) is 16.8.